The number of anilines is 3. The van der Waals surface area contributed by atoms with Crippen LogP contribution in [0.15, 0.2) is 188 Å². The Kier molecular flexibility index (Phi) is 7.55. The lowest BCUT2D eigenvalue weighted by molar-refractivity contribution is 1.27. The van der Waals surface area contributed by atoms with Crippen LogP contribution in [-0.2, 0) is 0 Å². The van der Waals surface area contributed by atoms with E-state index in [1.165, 1.54) is 96.6 Å². The second-order valence-corrected chi connectivity index (χ2v) is 16.1. The van der Waals surface area contributed by atoms with Crippen LogP contribution in [0.4, 0.5) is 17.1 Å². The zero-order valence-electron chi connectivity index (χ0n) is 31.3. The number of nitrogens with zero attached hydrogens (tertiary/aromatic N) is 1. The molecule has 0 aliphatic heterocycles. The molecule has 0 N–H and O–H groups in total. The lowest BCUT2D eigenvalue weighted by Gasteiger charge is -2.28. The third-order valence-corrected chi connectivity index (χ3v) is 12.6. The number of aryl methyl sites for hydroxylation is 2. The second-order valence-electron chi connectivity index (χ2n) is 15.0. The van der Waals surface area contributed by atoms with E-state index in [0.717, 1.165) is 17.1 Å². The zero-order valence-corrected chi connectivity index (χ0v) is 32.1. The van der Waals surface area contributed by atoms with Gasteiger partial charge in [-0.15, -0.1) is 11.3 Å². The minimum absolute atomic E-state index is 1.15. The molecule has 1 heterocycles. The molecule has 0 aliphatic carbocycles. The molecular formula is C54H37NS. The average molecular weight is 732 g/mol. The molecule has 0 saturated heterocycles. The summed E-state index contributed by atoms with van der Waals surface area (Å²) in [4.78, 5) is 2.42. The first-order chi connectivity index (χ1) is 27.6. The van der Waals surface area contributed by atoms with Gasteiger partial charge in [0.05, 0.1) is 5.69 Å². The molecule has 0 radical (unpaired) electrons. The number of rotatable bonds is 5. The summed E-state index contributed by atoms with van der Waals surface area (Å²) in [5, 5.41) is 12.6. The van der Waals surface area contributed by atoms with E-state index in [9.17, 15) is 0 Å². The Balaban J connectivity index is 1.23. The second kappa shape index (κ2) is 12.9. The lowest BCUT2D eigenvalue weighted by atomic mass is 9.83. The Morgan fingerprint density at radius 3 is 1.59 bits per heavy atom. The quantitative estimate of drug-likeness (QED) is 0.159. The molecule has 11 rings (SSSR count). The highest BCUT2D eigenvalue weighted by Crippen LogP contribution is 2.49. The molecule has 0 bridgehead atoms. The van der Waals surface area contributed by atoms with Gasteiger partial charge < -0.3 is 4.90 Å². The maximum atomic E-state index is 2.43. The van der Waals surface area contributed by atoms with Gasteiger partial charge in [0.25, 0.3) is 0 Å². The van der Waals surface area contributed by atoms with Gasteiger partial charge in [0.2, 0.25) is 0 Å². The van der Waals surface area contributed by atoms with Crippen LogP contribution in [0.3, 0.4) is 0 Å². The van der Waals surface area contributed by atoms with Gasteiger partial charge in [-0.25, -0.2) is 0 Å². The average Bonchev–Trinajstić information content (AvgIpc) is 3.61. The van der Waals surface area contributed by atoms with E-state index in [4.69, 9.17) is 0 Å². The van der Waals surface area contributed by atoms with Crippen LogP contribution in [0.2, 0.25) is 0 Å². The van der Waals surface area contributed by atoms with Crippen molar-refractivity contribution < 1.29 is 0 Å². The van der Waals surface area contributed by atoms with E-state index in [-0.39, 0.29) is 0 Å². The third-order valence-electron chi connectivity index (χ3n) is 11.5. The summed E-state index contributed by atoms with van der Waals surface area (Å²) in [5.74, 6) is 0. The van der Waals surface area contributed by atoms with Gasteiger partial charge in [-0.1, -0.05) is 127 Å². The first-order valence-corrected chi connectivity index (χ1v) is 20.2. The fourth-order valence-corrected chi connectivity index (χ4v) is 10.1. The van der Waals surface area contributed by atoms with Crippen LogP contribution in [-0.4, -0.2) is 0 Å². The Hall–Kier alpha value is -6.74. The minimum Gasteiger partial charge on any atom is -0.310 e. The Labute approximate surface area is 330 Å². The maximum Gasteiger partial charge on any atom is 0.0540 e. The molecule has 0 unspecified atom stereocenters. The first-order valence-electron chi connectivity index (χ1n) is 19.3. The summed E-state index contributed by atoms with van der Waals surface area (Å²) in [5.41, 5.74) is 11.0. The van der Waals surface area contributed by atoms with Crippen molar-refractivity contribution >= 4 is 91.7 Å². The Morgan fingerprint density at radius 2 is 0.911 bits per heavy atom. The van der Waals surface area contributed by atoms with Crippen molar-refractivity contribution in [3.05, 3.63) is 199 Å². The standard InChI is InChI=1S/C54H37NS/c1-34-13-11-17-39(29-34)55(40-18-12-14-35(2)30-40)50-27-26-46(41-19-5-6-20-42(41)50)54-45-23-8-7-22-44(45)53(48-31-36-15-3-4-16-37(36)32-49(48)54)38-25-28-52-47(33-38)43-21-9-10-24-51(43)56-52/h3-33H,1-2H3. The van der Waals surface area contributed by atoms with Gasteiger partial charge in [0.15, 0.2) is 0 Å². The normalized spacial score (nSPS) is 11.8. The summed E-state index contributed by atoms with van der Waals surface area (Å²) in [6.45, 7) is 4.34. The molecule has 1 aromatic heterocycles. The van der Waals surface area contributed by atoms with E-state index in [2.05, 4.69) is 207 Å². The highest BCUT2D eigenvalue weighted by Gasteiger charge is 2.22. The molecule has 0 spiro atoms. The number of hydrogen-bond acceptors (Lipinski definition) is 2. The smallest absolute Gasteiger partial charge is 0.0540 e. The Bertz CT molecular complexity index is 3300. The predicted octanol–water partition coefficient (Wildman–Crippen LogP) is 16.1. The molecule has 1 nitrogen and oxygen atoms in total. The highest BCUT2D eigenvalue weighted by molar-refractivity contribution is 7.25. The molecule has 2 heteroatoms. The fraction of sp³-hybridized carbons (Fsp3) is 0.0370. The van der Waals surface area contributed by atoms with Gasteiger partial charge in [-0.2, -0.15) is 0 Å². The third kappa shape index (κ3) is 5.21. The van der Waals surface area contributed by atoms with E-state index in [0.29, 0.717) is 0 Å². The topological polar surface area (TPSA) is 3.24 Å². The molecule has 10 aromatic carbocycles. The van der Waals surface area contributed by atoms with Gasteiger partial charge in [-0.05, 0) is 146 Å². The van der Waals surface area contributed by atoms with E-state index < -0.39 is 0 Å². The molecule has 56 heavy (non-hydrogen) atoms. The van der Waals surface area contributed by atoms with Crippen LogP contribution in [0.25, 0.3) is 85.5 Å². The summed E-state index contributed by atoms with van der Waals surface area (Å²) >= 11 is 1.87. The van der Waals surface area contributed by atoms with Crippen molar-refractivity contribution in [3.8, 4) is 22.3 Å². The van der Waals surface area contributed by atoms with Crippen molar-refractivity contribution in [3.63, 3.8) is 0 Å². The minimum atomic E-state index is 1.15. The number of benzene rings is 10. The van der Waals surface area contributed by atoms with Crippen molar-refractivity contribution in [1.29, 1.82) is 0 Å². The molecule has 11 aromatic rings. The van der Waals surface area contributed by atoms with E-state index >= 15 is 0 Å². The summed E-state index contributed by atoms with van der Waals surface area (Å²) in [7, 11) is 0. The van der Waals surface area contributed by atoms with Crippen molar-refractivity contribution in [1.82, 2.24) is 0 Å². The molecule has 264 valence electrons. The lowest BCUT2D eigenvalue weighted by Crippen LogP contribution is -2.11. The summed E-state index contributed by atoms with van der Waals surface area (Å²) in [6, 6.07) is 70.0. The first kappa shape index (κ1) is 32.7. The molecular weight excluding hydrogens is 695 g/mol. The van der Waals surface area contributed by atoms with Crippen molar-refractivity contribution in [2.24, 2.45) is 0 Å². The Morgan fingerprint density at radius 1 is 0.357 bits per heavy atom. The van der Waals surface area contributed by atoms with Crippen LogP contribution in [0.5, 0.6) is 0 Å². The van der Waals surface area contributed by atoms with Crippen LogP contribution < -0.4 is 4.90 Å². The van der Waals surface area contributed by atoms with Crippen LogP contribution in [0.1, 0.15) is 11.1 Å². The van der Waals surface area contributed by atoms with Gasteiger partial charge in [0, 0.05) is 36.9 Å². The van der Waals surface area contributed by atoms with Crippen LogP contribution >= 0.6 is 11.3 Å². The highest BCUT2D eigenvalue weighted by atomic mass is 32.1. The monoisotopic (exact) mass is 731 g/mol. The maximum absolute atomic E-state index is 2.43. The molecule has 0 fully saturated rings. The summed E-state index contributed by atoms with van der Waals surface area (Å²) in [6.07, 6.45) is 0. The van der Waals surface area contributed by atoms with Crippen molar-refractivity contribution in [2.45, 2.75) is 13.8 Å². The van der Waals surface area contributed by atoms with Gasteiger partial charge in [-0.3, -0.25) is 0 Å². The summed E-state index contributed by atoms with van der Waals surface area (Å²) < 4.78 is 2.65. The van der Waals surface area contributed by atoms with Crippen LogP contribution in [0, 0.1) is 13.8 Å². The molecule has 0 saturated carbocycles. The number of hydrogen-bond donors (Lipinski definition) is 0. The predicted molar refractivity (Wildman–Crippen MR) is 244 cm³/mol. The fourth-order valence-electron chi connectivity index (χ4n) is 9.00. The van der Waals surface area contributed by atoms with Gasteiger partial charge >= 0.3 is 0 Å². The van der Waals surface area contributed by atoms with Gasteiger partial charge in [0.1, 0.15) is 0 Å². The number of fused-ring (bicyclic) bond motifs is 7. The molecule has 0 atom stereocenters. The van der Waals surface area contributed by atoms with Crippen molar-refractivity contribution in [2.75, 3.05) is 4.90 Å². The molecule has 0 amide bonds. The van der Waals surface area contributed by atoms with E-state index in [1.54, 1.807) is 0 Å². The number of thiophene rings is 1. The largest absolute Gasteiger partial charge is 0.310 e. The SMILES string of the molecule is Cc1cccc(N(c2cccc(C)c2)c2ccc(-c3c4ccccc4c(-c4ccc5sc6ccccc6c5c4)c4cc5ccccc5cc34)c3ccccc23)c1. The zero-order chi connectivity index (χ0) is 37.3. The van der Waals surface area contributed by atoms with E-state index in [1.807, 2.05) is 11.3 Å². The molecule has 0 aliphatic rings.